The third kappa shape index (κ3) is 3.53. The first-order valence-corrected chi connectivity index (χ1v) is 10.5. The molecule has 1 aromatic rings. The maximum Gasteiger partial charge on any atom is -0.147 e. The maximum atomic E-state index is 2.42. The summed E-state index contributed by atoms with van der Waals surface area (Å²) in [6.45, 7) is 4.79. The summed E-state index contributed by atoms with van der Waals surface area (Å²) in [5, 5.41) is 1.66. The van der Waals surface area contributed by atoms with Crippen LogP contribution in [-0.2, 0) is 19.2 Å². The van der Waals surface area contributed by atoms with Crippen LogP contribution in [0.15, 0.2) is 52.4 Å². The minimum absolute atomic E-state index is 0. The van der Waals surface area contributed by atoms with E-state index in [0.29, 0.717) is 4.22 Å². The van der Waals surface area contributed by atoms with Gasteiger partial charge in [-0.1, -0.05) is 0 Å². The summed E-state index contributed by atoms with van der Waals surface area (Å²) >= 11 is -0.0952. The molecule has 0 saturated carbocycles. The maximum absolute atomic E-state index is 2.42. The van der Waals surface area contributed by atoms with E-state index in [1.165, 1.54) is 5.56 Å². The predicted molar refractivity (Wildman–Crippen MR) is 92.4 cm³/mol. The Hall–Kier alpha value is -0.179. The largest absolute Gasteiger partial charge is 0.147 e. The van der Waals surface area contributed by atoms with Gasteiger partial charge in [0.2, 0.25) is 0 Å². The molecular weight excluding hydrogens is 339 g/mol. The molecule has 4 heteroatoms. The fourth-order valence-corrected chi connectivity index (χ4v) is 7.20. The van der Waals surface area contributed by atoms with Gasteiger partial charge in [0.1, 0.15) is 0 Å². The van der Waals surface area contributed by atoms with E-state index in [-0.39, 0.29) is 52.4 Å². The molecule has 1 unspecified atom stereocenters. The molecule has 20 heavy (non-hydrogen) atoms. The molecule has 1 aromatic carbocycles. The molecule has 0 amide bonds. The Morgan fingerprint density at radius 3 is 2.55 bits per heavy atom. The Kier molecular flexibility index (Phi) is 6.90. The summed E-state index contributed by atoms with van der Waals surface area (Å²) in [6.07, 6.45) is 11.7. The summed E-state index contributed by atoms with van der Waals surface area (Å²) in [4.78, 5) is 0. The van der Waals surface area contributed by atoms with Crippen molar-refractivity contribution in [2.24, 2.45) is 0 Å². The normalized spacial score (nSPS) is 18.0. The molecule has 2 aliphatic carbocycles. The van der Waals surface area contributed by atoms with Crippen LogP contribution in [0.25, 0.3) is 6.08 Å². The van der Waals surface area contributed by atoms with Crippen molar-refractivity contribution in [3.63, 3.8) is 0 Å². The molecule has 0 spiro atoms. The van der Waals surface area contributed by atoms with Gasteiger partial charge in [0.25, 0.3) is 0 Å². The van der Waals surface area contributed by atoms with Crippen molar-refractivity contribution in [2.45, 2.75) is 17.3 Å². The Bertz CT molecular complexity index is 611. The van der Waals surface area contributed by atoms with Gasteiger partial charge in [-0.15, -0.1) is 24.8 Å². The van der Waals surface area contributed by atoms with Crippen molar-refractivity contribution in [2.75, 3.05) is 0 Å². The van der Waals surface area contributed by atoms with E-state index >= 15 is 0 Å². The fourth-order valence-electron chi connectivity index (χ4n) is 2.52. The zero-order valence-corrected chi connectivity index (χ0v) is 15.8. The van der Waals surface area contributed by atoms with Gasteiger partial charge < -0.3 is 0 Å². The molecule has 104 valence electrons. The van der Waals surface area contributed by atoms with Gasteiger partial charge in [0, 0.05) is 0 Å². The van der Waals surface area contributed by atoms with Crippen LogP contribution in [0, 0.1) is 0 Å². The Labute approximate surface area is 144 Å². The van der Waals surface area contributed by atoms with Gasteiger partial charge in [0.05, 0.1) is 0 Å². The zero-order valence-electron chi connectivity index (χ0n) is 11.6. The number of hydrogen-bond acceptors (Lipinski definition) is 0. The van der Waals surface area contributed by atoms with Crippen LogP contribution < -0.4 is 0 Å². The van der Waals surface area contributed by atoms with Crippen molar-refractivity contribution in [3.05, 3.63) is 63.6 Å². The number of hydrogen-bond donors (Lipinski definition) is 0. The Morgan fingerprint density at radius 1 is 1.05 bits per heavy atom. The first kappa shape index (κ1) is 17.9. The third-order valence-corrected chi connectivity index (χ3v) is 7.81. The first-order valence-electron chi connectivity index (χ1n) is 6.35. The van der Waals surface area contributed by atoms with Gasteiger partial charge in [-0.2, -0.15) is 0 Å². The van der Waals surface area contributed by atoms with Crippen LogP contribution in [0.2, 0.25) is 13.1 Å². The molecule has 2 aliphatic rings. The second-order valence-corrected chi connectivity index (χ2v) is 9.77. The van der Waals surface area contributed by atoms with Crippen molar-refractivity contribution in [1.82, 2.24) is 0 Å². The van der Waals surface area contributed by atoms with Gasteiger partial charge in [-0.25, -0.2) is 0 Å². The number of allylic oxidation sites excluding steroid dienone is 5. The molecule has 0 radical (unpaired) electrons. The summed E-state index contributed by atoms with van der Waals surface area (Å²) < 4.78 is 2.38. The van der Waals surface area contributed by atoms with Crippen LogP contribution in [-0.4, -0.2) is 13.6 Å². The average Bonchev–Trinajstić information content (AvgIpc) is 2.97. The standard InChI is InChI=1S/C9H7.C7H9Si.2ClH.Ti/c1-2-5-9-7-3-6-8(9)4-1;1-8(2)7-5-3-4-6-7;;;/h1-7H;3-5H,1-2H3;2*1H;. The Morgan fingerprint density at radius 2 is 1.80 bits per heavy atom. The molecule has 0 heterocycles. The van der Waals surface area contributed by atoms with E-state index < -0.39 is 0 Å². The topological polar surface area (TPSA) is 0 Å². The average molecular weight is 357 g/mol. The number of benzene rings is 1. The van der Waals surface area contributed by atoms with Crippen LogP contribution in [0.1, 0.15) is 15.3 Å². The van der Waals surface area contributed by atoms with E-state index in [9.17, 15) is 0 Å². The van der Waals surface area contributed by atoms with E-state index in [4.69, 9.17) is 0 Å². The van der Waals surface area contributed by atoms with Gasteiger partial charge >= 0.3 is 120 Å². The molecule has 0 saturated heterocycles. The van der Waals surface area contributed by atoms with Crippen LogP contribution in [0.4, 0.5) is 0 Å². The van der Waals surface area contributed by atoms with E-state index in [2.05, 4.69) is 67.7 Å². The molecule has 0 nitrogen and oxygen atoms in total. The molecular formula is C16H18Cl2SiTi. The molecule has 0 N–H and O–H groups in total. The molecule has 0 bridgehead atoms. The van der Waals surface area contributed by atoms with Gasteiger partial charge in [0.15, 0.2) is 0 Å². The summed E-state index contributed by atoms with van der Waals surface area (Å²) in [7, 11) is -0.309. The summed E-state index contributed by atoms with van der Waals surface area (Å²) in [5.74, 6) is 0. The molecule has 1 atom stereocenters. The van der Waals surface area contributed by atoms with Crippen molar-refractivity contribution in [1.29, 1.82) is 0 Å². The number of fused-ring (bicyclic) bond motifs is 1. The second kappa shape index (κ2) is 7.72. The van der Waals surface area contributed by atoms with E-state index in [1.54, 1.807) is 14.6 Å². The van der Waals surface area contributed by atoms with Crippen LogP contribution in [0.5, 0.6) is 0 Å². The quantitative estimate of drug-likeness (QED) is 0.677. The van der Waals surface area contributed by atoms with Crippen LogP contribution in [0.3, 0.4) is 0 Å². The van der Waals surface area contributed by atoms with Crippen LogP contribution >= 0.6 is 24.8 Å². The number of halogens is 2. The first-order chi connectivity index (χ1) is 8.75. The number of rotatable bonds is 2. The zero-order chi connectivity index (χ0) is 12.5. The summed E-state index contributed by atoms with van der Waals surface area (Å²) in [5.41, 5.74) is 2.98. The van der Waals surface area contributed by atoms with Crippen molar-refractivity contribution in [3.8, 4) is 0 Å². The second-order valence-electron chi connectivity index (χ2n) is 4.96. The SMILES string of the molecule is C[Si](C)=C1C=CC=[C]1[Ti][CH]1C=Cc2ccccc21.Cl.Cl. The molecule has 0 fully saturated rings. The monoisotopic (exact) mass is 356 g/mol. The van der Waals surface area contributed by atoms with E-state index in [1.807, 2.05) is 0 Å². The third-order valence-electron chi connectivity index (χ3n) is 3.46. The minimum Gasteiger partial charge on any atom is -0.147 e. The molecule has 3 rings (SSSR count). The van der Waals surface area contributed by atoms with E-state index in [0.717, 1.165) is 0 Å². The Balaban J connectivity index is 0.000001000. The fraction of sp³-hybridized carbons (Fsp3) is 0.188. The van der Waals surface area contributed by atoms with Crippen molar-refractivity contribution < 1.29 is 19.2 Å². The minimum atomic E-state index is -0.309. The van der Waals surface area contributed by atoms with Gasteiger partial charge in [-0.3, -0.25) is 0 Å². The predicted octanol–water partition coefficient (Wildman–Crippen LogP) is 4.64. The molecule has 0 aliphatic heterocycles. The molecule has 0 aromatic heterocycles. The summed E-state index contributed by atoms with van der Waals surface area (Å²) in [6, 6.07) is 8.85. The van der Waals surface area contributed by atoms with Gasteiger partial charge in [-0.05, 0) is 0 Å². The van der Waals surface area contributed by atoms with Crippen molar-refractivity contribution >= 4 is 44.5 Å². The smallest absolute Gasteiger partial charge is 0.147 e.